The van der Waals surface area contributed by atoms with Crippen molar-refractivity contribution in [1.29, 1.82) is 0 Å². The number of nitrogens with one attached hydrogen (secondary N) is 2. The molecule has 1 saturated carbocycles. The first-order chi connectivity index (χ1) is 17.4. The van der Waals surface area contributed by atoms with E-state index in [1.165, 1.54) is 63.1 Å². The van der Waals surface area contributed by atoms with Crippen LogP contribution in [0.25, 0.3) is 27.1 Å². The second kappa shape index (κ2) is 8.02. The molecule has 2 aliphatic rings. The number of aromatic nitrogens is 6. The van der Waals surface area contributed by atoms with E-state index in [4.69, 9.17) is 0 Å². The van der Waals surface area contributed by atoms with Gasteiger partial charge in [0.05, 0.1) is 17.7 Å². The van der Waals surface area contributed by atoms with E-state index < -0.39 is 0 Å². The average molecular weight is 500 g/mol. The first-order valence-electron chi connectivity index (χ1n) is 13.1. The van der Waals surface area contributed by atoms with Crippen molar-refractivity contribution < 1.29 is 0 Å². The fraction of sp³-hybridized carbons (Fsp3) is 0.464. The van der Waals surface area contributed by atoms with Crippen LogP contribution in [-0.2, 0) is 6.54 Å². The molecule has 3 atom stereocenters. The van der Waals surface area contributed by atoms with Gasteiger partial charge in [-0.2, -0.15) is 5.10 Å². The van der Waals surface area contributed by atoms with Gasteiger partial charge in [-0.3, -0.25) is 4.90 Å². The van der Waals surface area contributed by atoms with Gasteiger partial charge in [-0.25, -0.2) is 14.5 Å². The Kier molecular flexibility index (Phi) is 4.95. The van der Waals surface area contributed by atoms with Gasteiger partial charge in [0.2, 0.25) is 0 Å². The fourth-order valence-corrected chi connectivity index (χ4v) is 8.43. The maximum Gasteiger partial charge on any atom is 0.158 e. The molecule has 2 bridgehead atoms. The van der Waals surface area contributed by atoms with Crippen LogP contribution in [0.3, 0.4) is 0 Å². The van der Waals surface area contributed by atoms with Crippen LogP contribution < -0.4 is 0 Å². The smallest absolute Gasteiger partial charge is 0.158 e. The Morgan fingerprint density at radius 2 is 1.97 bits per heavy atom. The molecule has 1 aliphatic heterocycles. The molecule has 7 rings (SSSR count). The number of hydrogen-bond acceptors (Lipinski definition) is 5. The highest BCUT2D eigenvalue weighted by atomic mass is 32.1. The van der Waals surface area contributed by atoms with Crippen molar-refractivity contribution >= 4 is 27.2 Å². The summed E-state index contributed by atoms with van der Waals surface area (Å²) < 4.78 is 1.92. The van der Waals surface area contributed by atoms with E-state index in [1.807, 2.05) is 22.0 Å². The molecule has 0 radical (unpaired) electrons. The number of hydrogen-bond donors (Lipinski definition) is 2. The molecule has 2 fully saturated rings. The molecule has 8 heteroatoms. The molecule has 7 nitrogen and oxygen atoms in total. The minimum Gasteiger partial charge on any atom is -0.351 e. The molecule has 0 aromatic carbocycles. The second-order valence-corrected chi connectivity index (χ2v) is 12.2. The summed E-state index contributed by atoms with van der Waals surface area (Å²) in [6.45, 7) is 13.5. The number of likely N-dealkylation sites (tertiary alicyclic amines) is 1. The molecule has 1 unspecified atom stereocenters. The van der Waals surface area contributed by atoms with E-state index in [9.17, 15) is 0 Å². The van der Waals surface area contributed by atoms with E-state index in [-0.39, 0.29) is 0 Å². The number of nitrogens with zero attached hydrogens (tertiary/aromatic N) is 5. The summed E-state index contributed by atoms with van der Waals surface area (Å²) in [4.78, 5) is 21.5. The molecule has 186 valence electrons. The predicted molar refractivity (Wildman–Crippen MR) is 145 cm³/mol. The lowest BCUT2D eigenvalue weighted by molar-refractivity contribution is 0.190. The maximum absolute atomic E-state index is 4.45. The Labute approximate surface area is 215 Å². The maximum atomic E-state index is 4.45. The zero-order valence-corrected chi connectivity index (χ0v) is 22.4. The van der Waals surface area contributed by atoms with Crippen LogP contribution >= 0.6 is 11.3 Å². The fourth-order valence-electron chi connectivity index (χ4n) is 6.99. The number of piperidine rings is 1. The van der Waals surface area contributed by atoms with Crippen molar-refractivity contribution in [3.05, 3.63) is 57.9 Å². The third kappa shape index (κ3) is 3.16. The third-order valence-electron chi connectivity index (χ3n) is 8.85. The minimum absolute atomic E-state index is 0.422. The molecule has 0 amide bonds. The van der Waals surface area contributed by atoms with Gasteiger partial charge in [-0.05, 0) is 73.6 Å². The molecule has 6 heterocycles. The zero-order chi connectivity index (χ0) is 24.7. The van der Waals surface area contributed by atoms with Crippen molar-refractivity contribution in [2.75, 3.05) is 6.54 Å². The van der Waals surface area contributed by atoms with Gasteiger partial charge < -0.3 is 9.97 Å². The van der Waals surface area contributed by atoms with Gasteiger partial charge in [-0.1, -0.05) is 13.8 Å². The summed E-state index contributed by atoms with van der Waals surface area (Å²) >= 11 is 2.00. The van der Waals surface area contributed by atoms with Crippen LogP contribution in [0.15, 0.2) is 25.0 Å². The number of aryl methyl sites for hydroxylation is 2. The van der Waals surface area contributed by atoms with E-state index in [0.29, 0.717) is 17.9 Å². The van der Waals surface area contributed by atoms with Gasteiger partial charge in [0, 0.05) is 47.4 Å². The molecule has 1 aliphatic carbocycles. The molecular formula is C28H33N7S. The molecule has 5 aromatic heterocycles. The summed E-state index contributed by atoms with van der Waals surface area (Å²) in [6.07, 6.45) is 10.2. The summed E-state index contributed by atoms with van der Waals surface area (Å²) in [6, 6.07) is 0.678. The molecule has 0 spiro atoms. The largest absolute Gasteiger partial charge is 0.351 e. The number of thiophene rings is 1. The topological polar surface area (TPSA) is 77.9 Å². The number of imidazole rings is 1. The van der Waals surface area contributed by atoms with Crippen LogP contribution in [0, 0.1) is 26.7 Å². The van der Waals surface area contributed by atoms with E-state index >= 15 is 0 Å². The van der Waals surface area contributed by atoms with Gasteiger partial charge in [-0.15, -0.1) is 11.3 Å². The Morgan fingerprint density at radius 1 is 1.11 bits per heavy atom. The van der Waals surface area contributed by atoms with Gasteiger partial charge >= 0.3 is 0 Å². The Hall–Kier alpha value is -2.97. The van der Waals surface area contributed by atoms with Gasteiger partial charge in [0.15, 0.2) is 5.65 Å². The molecule has 2 N–H and O–H groups in total. The van der Waals surface area contributed by atoms with Crippen LogP contribution in [0.1, 0.15) is 71.3 Å². The number of H-pyrrole nitrogens is 2. The van der Waals surface area contributed by atoms with Gasteiger partial charge in [0.1, 0.15) is 11.2 Å². The molecule has 36 heavy (non-hydrogen) atoms. The molecule has 1 saturated heterocycles. The molecule has 5 aromatic rings. The van der Waals surface area contributed by atoms with Crippen molar-refractivity contribution in [2.24, 2.45) is 5.92 Å². The number of pyridine rings is 1. The van der Waals surface area contributed by atoms with Gasteiger partial charge in [0.25, 0.3) is 0 Å². The Balaban J connectivity index is 1.26. The van der Waals surface area contributed by atoms with Crippen molar-refractivity contribution in [3.63, 3.8) is 0 Å². The zero-order valence-electron chi connectivity index (χ0n) is 21.6. The van der Waals surface area contributed by atoms with Crippen molar-refractivity contribution in [2.45, 2.75) is 71.9 Å². The normalized spacial score (nSPS) is 22.2. The van der Waals surface area contributed by atoms with Crippen LogP contribution in [-0.4, -0.2) is 47.0 Å². The van der Waals surface area contributed by atoms with Crippen LogP contribution in [0.4, 0.5) is 0 Å². The SMILES string of the molecule is Cc1c(-c2[nH]c3sc([C@@H]4CC5C[C@H]4CN5Cc4c[nH]cn4)c(C)c3c2C(C)C)cn2ncnc2c1C. The minimum atomic E-state index is 0.422. The number of fused-ring (bicyclic) bond motifs is 4. The highest BCUT2D eigenvalue weighted by molar-refractivity contribution is 7.19. The monoisotopic (exact) mass is 499 g/mol. The van der Waals surface area contributed by atoms with Crippen LogP contribution in [0.5, 0.6) is 0 Å². The predicted octanol–water partition coefficient (Wildman–Crippen LogP) is 6.09. The van der Waals surface area contributed by atoms with E-state index in [1.54, 1.807) is 17.5 Å². The highest BCUT2D eigenvalue weighted by Crippen LogP contribution is 2.53. The van der Waals surface area contributed by atoms with Crippen molar-refractivity contribution in [3.8, 4) is 11.3 Å². The summed E-state index contributed by atoms with van der Waals surface area (Å²) in [7, 11) is 0. The van der Waals surface area contributed by atoms with Crippen LogP contribution in [0.2, 0.25) is 0 Å². The standard InChI is InChI=1S/C28H33N7S/c1-14(2)23-24-17(5)26(21-7-20-6-18(21)9-34(20)10-19-8-29-12-30-19)36-28(24)33-25(23)22-11-35-27(31-13-32-35)16(4)15(22)3/h8,11-14,18,20-21,33H,6-7,9-10H2,1-5H3,(H,29,30)/t18-,20?,21+/m0/s1. The van der Waals surface area contributed by atoms with E-state index in [0.717, 1.165) is 23.8 Å². The lowest BCUT2D eigenvalue weighted by atomic mass is 9.88. The summed E-state index contributed by atoms with van der Waals surface area (Å²) in [5.74, 6) is 1.84. The Morgan fingerprint density at radius 3 is 2.69 bits per heavy atom. The molecular weight excluding hydrogens is 466 g/mol. The summed E-state index contributed by atoms with van der Waals surface area (Å²) in [5.41, 5.74) is 9.97. The lowest BCUT2D eigenvalue weighted by Crippen LogP contribution is -2.34. The third-order valence-corrected chi connectivity index (χ3v) is 10.2. The number of rotatable bonds is 5. The first-order valence-corrected chi connectivity index (χ1v) is 13.9. The highest BCUT2D eigenvalue weighted by Gasteiger charge is 2.46. The Bertz CT molecular complexity index is 1590. The second-order valence-electron chi connectivity index (χ2n) is 11.2. The first kappa shape index (κ1) is 22.2. The quantitative estimate of drug-likeness (QED) is 0.307. The average Bonchev–Trinajstić information content (AvgIpc) is 3.67. The lowest BCUT2D eigenvalue weighted by Gasteiger charge is -2.31. The number of aromatic amines is 2. The summed E-state index contributed by atoms with van der Waals surface area (Å²) in [5, 5.41) is 5.89. The van der Waals surface area contributed by atoms with E-state index in [2.05, 4.69) is 70.8 Å². The van der Waals surface area contributed by atoms with Crippen molar-refractivity contribution in [1.82, 2.24) is 34.4 Å².